The number of rotatable bonds is 12. The minimum Gasteiger partial charge on any atom is -0.310 e. The first kappa shape index (κ1) is 41.7. The first-order valence-electron chi connectivity index (χ1n) is 23.3. The van der Waals surface area contributed by atoms with Gasteiger partial charge < -0.3 is 9.80 Å². The minimum absolute atomic E-state index is 1.08. The fourth-order valence-corrected chi connectivity index (χ4v) is 9.41. The smallest absolute Gasteiger partial charge is 0.0468 e. The van der Waals surface area contributed by atoms with Gasteiger partial charge in [0.05, 0.1) is 0 Å². The van der Waals surface area contributed by atoms with Crippen molar-refractivity contribution < 1.29 is 0 Å². The summed E-state index contributed by atoms with van der Waals surface area (Å²) in [6.07, 6.45) is 0. The molecule has 0 amide bonds. The summed E-state index contributed by atoms with van der Waals surface area (Å²) < 4.78 is 0. The van der Waals surface area contributed by atoms with E-state index in [9.17, 15) is 0 Å². The average molecular weight is 869 g/mol. The van der Waals surface area contributed by atoms with Crippen molar-refractivity contribution in [3.8, 4) is 66.8 Å². The Morgan fingerprint density at radius 3 is 0.691 bits per heavy atom. The maximum atomic E-state index is 2.35. The first-order chi connectivity index (χ1) is 33.7. The molecule has 0 N–H and O–H groups in total. The SMILES string of the molecule is c1ccc(-c2ccc(N(c3ccccc3)c3ccc(-c4ccccc4-c4ccc(N(c5ccccc5)c5ccc(-c6ccccc6)c(-c6ccccc6)c5)cc4)cc3)cc2-c2ccccc2)cc1. The van der Waals surface area contributed by atoms with Gasteiger partial charge in [0.15, 0.2) is 0 Å². The quantitative estimate of drug-likeness (QED) is 0.121. The lowest BCUT2D eigenvalue weighted by molar-refractivity contribution is 1.28. The molecule has 0 radical (unpaired) electrons. The van der Waals surface area contributed by atoms with E-state index in [2.05, 4.69) is 301 Å². The largest absolute Gasteiger partial charge is 0.310 e. The Bertz CT molecular complexity index is 3160. The third-order valence-corrected chi connectivity index (χ3v) is 12.7. The number of nitrogens with zero attached hydrogens (tertiary/aromatic N) is 2. The van der Waals surface area contributed by atoms with Gasteiger partial charge in [0.1, 0.15) is 0 Å². The lowest BCUT2D eigenvalue weighted by Crippen LogP contribution is -2.10. The zero-order chi connectivity index (χ0) is 45.5. The zero-order valence-electron chi connectivity index (χ0n) is 37.6. The molecule has 0 bridgehead atoms. The number of hydrogen-bond acceptors (Lipinski definition) is 2. The third kappa shape index (κ3) is 8.63. The molecule has 0 spiro atoms. The summed E-state index contributed by atoms with van der Waals surface area (Å²) in [5.74, 6) is 0. The molecular weight excluding hydrogens is 821 g/mol. The van der Waals surface area contributed by atoms with Crippen LogP contribution in [0.25, 0.3) is 66.8 Å². The molecule has 0 unspecified atom stereocenters. The van der Waals surface area contributed by atoms with Gasteiger partial charge in [-0.25, -0.2) is 0 Å². The molecule has 2 heteroatoms. The molecule has 2 nitrogen and oxygen atoms in total. The second-order valence-electron chi connectivity index (χ2n) is 16.9. The van der Waals surface area contributed by atoms with Gasteiger partial charge >= 0.3 is 0 Å². The molecule has 0 atom stereocenters. The van der Waals surface area contributed by atoms with Crippen molar-refractivity contribution in [2.75, 3.05) is 9.80 Å². The maximum absolute atomic E-state index is 2.35. The Hall–Kier alpha value is -8.98. The Labute approximate surface area is 400 Å². The van der Waals surface area contributed by atoms with Crippen molar-refractivity contribution in [2.24, 2.45) is 0 Å². The van der Waals surface area contributed by atoms with E-state index in [1.54, 1.807) is 0 Å². The summed E-state index contributed by atoms with van der Waals surface area (Å²) in [7, 11) is 0. The van der Waals surface area contributed by atoms with Crippen molar-refractivity contribution >= 4 is 34.1 Å². The van der Waals surface area contributed by atoms with E-state index in [4.69, 9.17) is 0 Å². The molecule has 0 saturated heterocycles. The maximum Gasteiger partial charge on any atom is 0.0468 e. The van der Waals surface area contributed by atoms with Crippen LogP contribution in [0.15, 0.2) is 291 Å². The highest BCUT2D eigenvalue weighted by atomic mass is 15.1. The highest BCUT2D eigenvalue weighted by molar-refractivity contribution is 5.92. The van der Waals surface area contributed by atoms with Crippen LogP contribution in [-0.4, -0.2) is 0 Å². The molecule has 0 aliphatic rings. The van der Waals surface area contributed by atoms with Gasteiger partial charge in [-0.3, -0.25) is 0 Å². The van der Waals surface area contributed by atoms with Gasteiger partial charge in [-0.1, -0.05) is 218 Å². The number of anilines is 6. The molecule has 11 aromatic rings. The predicted octanol–water partition coefficient (Wildman–Crippen LogP) is 18.6. The molecule has 68 heavy (non-hydrogen) atoms. The summed E-state index contributed by atoms with van der Waals surface area (Å²) in [4.78, 5) is 4.71. The standard InChI is InChI=1S/C66H48N2/c1-7-21-49(22-8-1)63-45-43-59(47-65(63)51-25-11-3-12-26-51)67(55-29-15-5-16-30-55)57-39-35-53(36-40-57)61-33-19-20-34-62(61)54-37-41-58(42-38-54)68(56-31-17-6-18-32-56)60-44-46-64(50-23-9-2-10-24-50)66(48-60)52-27-13-4-14-28-52/h1-48H. The molecule has 0 aromatic heterocycles. The fourth-order valence-electron chi connectivity index (χ4n) is 9.41. The second kappa shape index (κ2) is 19.2. The number of benzene rings is 11. The van der Waals surface area contributed by atoms with Gasteiger partial charge in [0.2, 0.25) is 0 Å². The zero-order valence-corrected chi connectivity index (χ0v) is 37.6. The Morgan fingerprint density at radius 2 is 0.368 bits per heavy atom. The summed E-state index contributed by atoms with van der Waals surface area (Å²) in [6.45, 7) is 0. The fraction of sp³-hybridized carbons (Fsp3) is 0. The molecule has 0 heterocycles. The molecular formula is C66H48N2. The van der Waals surface area contributed by atoms with Crippen molar-refractivity contribution in [3.05, 3.63) is 291 Å². The van der Waals surface area contributed by atoms with Crippen LogP contribution in [0.5, 0.6) is 0 Å². The second-order valence-corrected chi connectivity index (χ2v) is 16.9. The van der Waals surface area contributed by atoms with E-state index in [0.717, 1.165) is 45.3 Å². The minimum atomic E-state index is 1.08. The van der Waals surface area contributed by atoms with E-state index in [0.29, 0.717) is 0 Å². The first-order valence-corrected chi connectivity index (χ1v) is 23.3. The van der Waals surface area contributed by atoms with Crippen LogP contribution >= 0.6 is 0 Å². The van der Waals surface area contributed by atoms with Crippen LogP contribution in [-0.2, 0) is 0 Å². The van der Waals surface area contributed by atoms with E-state index < -0.39 is 0 Å². The van der Waals surface area contributed by atoms with E-state index in [-0.39, 0.29) is 0 Å². The summed E-state index contributed by atoms with van der Waals surface area (Å²) >= 11 is 0. The third-order valence-electron chi connectivity index (χ3n) is 12.7. The predicted molar refractivity (Wildman–Crippen MR) is 288 cm³/mol. The van der Waals surface area contributed by atoms with Crippen LogP contribution < -0.4 is 9.80 Å². The highest BCUT2D eigenvalue weighted by Crippen LogP contribution is 2.44. The lowest BCUT2D eigenvalue weighted by atomic mass is 9.93. The van der Waals surface area contributed by atoms with Crippen LogP contribution in [0.2, 0.25) is 0 Å². The van der Waals surface area contributed by atoms with Crippen molar-refractivity contribution in [2.45, 2.75) is 0 Å². The highest BCUT2D eigenvalue weighted by Gasteiger charge is 2.19. The summed E-state index contributed by atoms with van der Waals surface area (Å²) in [5.41, 5.74) is 20.8. The normalized spacial score (nSPS) is 10.9. The number of para-hydroxylation sites is 2. The van der Waals surface area contributed by atoms with Gasteiger partial charge in [0, 0.05) is 34.1 Å². The Balaban J connectivity index is 0.942. The molecule has 322 valence electrons. The average Bonchev–Trinajstić information content (AvgIpc) is 3.43. The molecule has 11 rings (SSSR count). The van der Waals surface area contributed by atoms with E-state index >= 15 is 0 Å². The Morgan fingerprint density at radius 1 is 0.147 bits per heavy atom. The van der Waals surface area contributed by atoms with Crippen molar-refractivity contribution in [1.29, 1.82) is 0 Å². The molecule has 0 aliphatic heterocycles. The lowest BCUT2D eigenvalue weighted by Gasteiger charge is -2.27. The van der Waals surface area contributed by atoms with Gasteiger partial charge in [-0.2, -0.15) is 0 Å². The summed E-state index contributed by atoms with van der Waals surface area (Å²) in [5, 5.41) is 0. The van der Waals surface area contributed by atoms with Crippen LogP contribution in [0.4, 0.5) is 34.1 Å². The van der Waals surface area contributed by atoms with Gasteiger partial charge in [-0.15, -0.1) is 0 Å². The molecule has 11 aromatic carbocycles. The van der Waals surface area contributed by atoms with Crippen LogP contribution in [0.3, 0.4) is 0 Å². The summed E-state index contributed by atoms with van der Waals surface area (Å²) in [6, 6.07) is 105. The molecule has 0 saturated carbocycles. The van der Waals surface area contributed by atoms with Crippen molar-refractivity contribution in [1.82, 2.24) is 0 Å². The van der Waals surface area contributed by atoms with Crippen LogP contribution in [0.1, 0.15) is 0 Å². The number of hydrogen-bond donors (Lipinski definition) is 0. The topological polar surface area (TPSA) is 6.48 Å². The molecule has 0 fully saturated rings. The van der Waals surface area contributed by atoms with E-state index in [1.807, 2.05) is 0 Å². The van der Waals surface area contributed by atoms with E-state index in [1.165, 1.54) is 55.6 Å². The Kier molecular flexibility index (Phi) is 11.8. The molecule has 0 aliphatic carbocycles. The van der Waals surface area contributed by atoms with Gasteiger partial charge in [-0.05, 0) is 140 Å². The monoisotopic (exact) mass is 868 g/mol. The van der Waals surface area contributed by atoms with Crippen molar-refractivity contribution in [3.63, 3.8) is 0 Å². The van der Waals surface area contributed by atoms with Crippen LogP contribution in [0, 0.1) is 0 Å². The van der Waals surface area contributed by atoms with Gasteiger partial charge in [0.25, 0.3) is 0 Å².